The predicted octanol–water partition coefficient (Wildman–Crippen LogP) is 2.94. The fourth-order valence-corrected chi connectivity index (χ4v) is 6.87. The van der Waals surface area contributed by atoms with Crippen molar-refractivity contribution in [3.63, 3.8) is 0 Å². The van der Waals surface area contributed by atoms with E-state index in [1.807, 2.05) is 39.0 Å². The molecule has 2 aromatic carbocycles. The Bertz CT molecular complexity index is 1820. The molecule has 4 atom stereocenters. The SMILES string of the molecule is Cc1ccccc1NC(=O)Nc1ccc(CC(=O)N[C@@H](CC(C)C)C(=O)N[C@@H](CC(=O)O)C(=O)NC(Cc2cccs2)C(=O)N2CCC[C@@H]2C(N)=O)cc1. The van der Waals surface area contributed by atoms with Gasteiger partial charge in [-0.05, 0) is 72.9 Å². The zero-order valence-corrected chi connectivity index (χ0v) is 31.2. The Morgan fingerprint density at radius 3 is 2.19 bits per heavy atom. The van der Waals surface area contributed by atoms with Gasteiger partial charge in [-0.3, -0.25) is 28.8 Å². The van der Waals surface area contributed by atoms with Crippen molar-refractivity contribution >= 4 is 64.2 Å². The minimum absolute atomic E-state index is 0.0710. The van der Waals surface area contributed by atoms with Crippen molar-refractivity contribution in [2.45, 2.75) is 83.5 Å². The van der Waals surface area contributed by atoms with Crippen molar-refractivity contribution in [1.82, 2.24) is 20.9 Å². The first-order valence-electron chi connectivity index (χ1n) is 17.7. The van der Waals surface area contributed by atoms with E-state index in [0.29, 0.717) is 29.8 Å². The quantitative estimate of drug-likeness (QED) is 0.108. The maximum atomic E-state index is 13.7. The van der Waals surface area contributed by atoms with E-state index in [2.05, 4.69) is 26.6 Å². The predicted molar refractivity (Wildman–Crippen MR) is 203 cm³/mol. The van der Waals surface area contributed by atoms with E-state index in [-0.39, 0.29) is 31.7 Å². The van der Waals surface area contributed by atoms with Gasteiger partial charge in [0.05, 0.1) is 12.8 Å². The Hall–Kier alpha value is -5.77. The van der Waals surface area contributed by atoms with Gasteiger partial charge in [0.15, 0.2) is 0 Å². The topological polar surface area (TPSA) is 229 Å². The minimum Gasteiger partial charge on any atom is -0.481 e. The third-order valence-corrected chi connectivity index (χ3v) is 9.70. The molecular weight excluding hydrogens is 715 g/mol. The number of anilines is 2. The number of para-hydroxylation sites is 1. The van der Waals surface area contributed by atoms with Gasteiger partial charge >= 0.3 is 12.0 Å². The lowest BCUT2D eigenvalue weighted by molar-refractivity contribution is -0.143. The maximum Gasteiger partial charge on any atom is 0.323 e. The molecule has 1 saturated heterocycles. The number of carbonyl (C=O) groups excluding carboxylic acids is 6. The molecule has 0 spiro atoms. The van der Waals surface area contributed by atoms with Crippen LogP contribution in [0.2, 0.25) is 0 Å². The molecule has 3 aromatic rings. The van der Waals surface area contributed by atoms with Gasteiger partial charge in [-0.1, -0.05) is 50.2 Å². The summed E-state index contributed by atoms with van der Waals surface area (Å²) in [4.78, 5) is 92.5. The number of carboxylic acids is 1. The number of carbonyl (C=O) groups is 7. The lowest BCUT2D eigenvalue weighted by Gasteiger charge is -2.29. The summed E-state index contributed by atoms with van der Waals surface area (Å²) in [6.45, 7) is 5.82. The van der Waals surface area contributed by atoms with Crippen LogP contribution in [0.15, 0.2) is 66.0 Å². The van der Waals surface area contributed by atoms with Crippen molar-refractivity contribution in [2.24, 2.45) is 11.7 Å². The number of nitrogens with one attached hydrogen (secondary N) is 5. The number of carboxylic acid groups (broad SMARTS) is 1. The molecule has 0 aliphatic carbocycles. The fraction of sp³-hybridized carbons (Fsp3) is 0.395. The van der Waals surface area contributed by atoms with Crippen molar-refractivity contribution in [1.29, 1.82) is 0 Å². The third-order valence-electron chi connectivity index (χ3n) is 8.80. The normalized spacial score (nSPS) is 15.4. The lowest BCUT2D eigenvalue weighted by Crippen LogP contribution is -2.59. The van der Waals surface area contributed by atoms with Gasteiger partial charge in [-0.15, -0.1) is 11.3 Å². The van der Waals surface area contributed by atoms with Gasteiger partial charge in [-0.2, -0.15) is 0 Å². The van der Waals surface area contributed by atoms with Crippen LogP contribution in [0.1, 0.15) is 55.5 Å². The van der Waals surface area contributed by atoms with Crippen LogP contribution in [-0.4, -0.2) is 82.3 Å². The van der Waals surface area contributed by atoms with Gasteiger partial charge in [-0.25, -0.2) is 4.79 Å². The zero-order valence-electron chi connectivity index (χ0n) is 30.4. The van der Waals surface area contributed by atoms with Crippen molar-refractivity contribution in [3.8, 4) is 0 Å². The van der Waals surface area contributed by atoms with Crippen LogP contribution in [0, 0.1) is 12.8 Å². The first-order chi connectivity index (χ1) is 25.7. The van der Waals surface area contributed by atoms with E-state index in [1.165, 1.54) is 16.2 Å². The van der Waals surface area contributed by atoms with E-state index in [0.717, 1.165) is 10.4 Å². The number of rotatable bonds is 17. The highest BCUT2D eigenvalue weighted by Gasteiger charge is 2.38. The summed E-state index contributed by atoms with van der Waals surface area (Å²) in [5, 5.41) is 24.8. The monoisotopic (exact) mass is 761 g/mol. The Labute approximate surface area is 317 Å². The van der Waals surface area contributed by atoms with E-state index < -0.39 is 72.1 Å². The number of aryl methyl sites for hydroxylation is 1. The molecule has 4 rings (SSSR count). The summed E-state index contributed by atoms with van der Waals surface area (Å²) < 4.78 is 0. The minimum atomic E-state index is -1.59. The molecule has 1 aromatic heterocycles. The molecule has 15 nitrogen and oxygen atoms in total. The van der Waals surface area contributed by atoms with Crippen LogP contribution in [0.4, 0.5) is 16.2 Å². The average molecular weight is 762 g/mol. The Morgan fingerprint density at radius 2 is 1.56 bits per heavy atom. The van der Waals surface area contributed by atoms with Gasteiger partial charge in [0, 0.05) is 29.2 Å². The molecule has 1 aliphatic heterocycles. The number of nitrogens with two attached hydrogens (primary N) is 1. The first kappa shape index (κ1) is 41.0. The van der Waals surface area contributed by atoms with Crippen molar-refractivity contribution in [3.05, 3.63) is 82.0 Å². The molecule has 0 radical (unpaired) electrons. The second kappa shape index (κ2) is 19.3. The molecule has 2 heterocycles. The molecule has 7 amide bonds. The fourth-order valence-electron chi connectivity index (χ4n) is 6.12. The smallest absolute Gasteiger partial charge is 0.323 e. The number of primary amides is 1. The maximum absolute atomic E-state index is 13.7. The van der Waals surface area contributed by atoms with E-state index in [9.17, 15) is 38.7 Å². The number of hydrogen-bond acceptors (Lipinski definition) is 8. The van der Waals surface area contributed by atoms with Crippen molar-refractivity contribution in [2.75, 3.05) is 17.2 Å². The van der Waals surface area contributed by atoms with Crippen LogP contribution in [-0.2, 0) is 41.6 Å². The lowest BCUT2D eigenvalue weighted by atomic mass is 10.0. The number of urea groups is 1. The largest absolute Gasteiger partial charge is 0.481 e. The summed E-state index contributed by atoms with van der Waals surface area (Å²) in [6.07, 6.45) is 0.290. The van der Waals surface area contributed by atoms with Crippen LogP contribution >= 0.6 is 11.3 Å². The summed E-state index contributed by atoms with van der Waals surface area (Å²) >= 11 is 1.36. The summed E-state index contributed by atoms with van der Waals surface area (Å²) in [5.74, 6) is -4.83. The second-order valence-corrected chi connectivity index (χ2v) is 14.6. The third kappa shape index (κ3) is 12.1. The molecule has 54 heavy (non-hydrogen) atoms. The average Bonchev–Trinajstić information content (AvgIpc) is 3.82. The number of hydrogen-bond donors (Lipinski definition) is 7. The zero-order chi connectivity index (χ0) is 39.4. The Balaban J connectivity index is 1.40. The summed E-state index contributed by atoms with van der Waals surface area (Å²) in [5.41, 5.74) is 8.20. The highest BCUT2D eigenvalue weighted by molar-refractivity contribution is 7.09. The number of aliphatic carboxylic acids is 1. The number of amides is 7. The van der Waals surface area contributed by atoms with E-state index in [4.69, 9.17) is 5.73 Å². The van der Waals surface area contributed by atoms with Crippen molar-refractivity contribution < 1.29 is 38.7 Å². The van der Waals surface area contributed by atoms with Crippen LogP contribution < -0.4 is 32.3 Å². The van der Waals surface area contributed by atoms with E-state index in [1.54, 1.807) is 47.8 Å². The molecule has 8 N–H and O–H groups in total. The van der Waals surface area contributed by atoms with Gasteiger partial charge in [0.25, 0.3) is 0 Å². The van der Waals surface area contributed by atoms with Gasteiger partial charge in [0.1, 0.15) is 24.2 Å². The molecule has 288 valence electrons. The summed E-state index contributed by atoms with van der Waals surface area (Å²) in [6, 6.07) is 12.4. The Morgan fingerprint density at radius 1 is 0.870 bits per heavy atom. The molecule has 1 fully saturated rings. The van der Waals surface area contributed by atoms with Crippen LogP contribution in [0.25, 0.3) is 0 Å². The second-order valence-electron chi connectivity index (χ2n) is 13.6. The molecule has 1 unspecified atom stereocenters. The molecule has 1 aliphatic rings. The molecule has 0 saturated carbocycles. The number of likely N-dealkylation sites (tertiary alicyclic amines) is 1. The Kier molecular flexibility index (Phi) is 14.7. The first-order valence-corrected chi connectivity index (χ1v) is 18.5. The van der Waals surface area contributed by atoms with Gasteiger partial charge in [0.2, 0.25) is 29.5 Å². The van der Waals surface area contributed by atoms with E-state index >= 15 is 0 Å². The molecule has 0 bridgehead atoms. The highest BCUT2D eigenvalue weighted by Crippen LogP contribution is 2.21. The number of nitrogens with zero attached hydrogens (tertiary/aromatic N) is 1. The molecular formula is C38H47N7O8S. The summed E-state index contributed by atoms with van der Waals surface area (Å²) in [7, 11) is 0. The van der Waals surface area contributed by atoms with Crippen LogP contribution in [0.3, 0.4) is 0 Å². The standard InChI is InChI=1S/C38H47N7O8S/c1-22(2)18-28(41-32(46)19-24-12-14-25(15-13-24)40-38(53)44-27-10-5-4-8-23(27)3)35(50)42-29(21-33(47)48)36(51)43-30(20-26-9-7-17-54-26)37(52)45-16-6-11-31(45)34(39)49/h4-5,7-10,12-15,17,22,28-31H,6,11,16,18-21H2,1-3H3,(H2,39,49)(H,41,46)(H,42,50)(H,43,51)(H,47,48)(H2,40,44,53)/t28-,29-,30?,31+/m0/s1. The number of thiophene rings is 1. The number of benzene rings is 2. The highest BCUT2D eigenvalue weighted by atomic mass is 32.1. The van der Waals surface area contributed by atoms with Gasteiger partial charge < -0.3 is 42.3 Å². The van der Waals surface area contributed by atoms with Crippen LogP contribution in [0.5, 0.6) is 0 Å². The molecule has 16 heteroatoms.